The zero-order chi connectivity index (χ0) is 12.6. The number of urea groups is 1. The van der Waals surface area contributed by atoms with E-state index in [0.717, 1.165) is 12.1 Å². The Balaban J connectivity index is 2.54. The predicted octanol–water partition coefficient (Wildman–Crippen LogP) is 1.07. The summed E-state index contributed by atoms with van der Waals surface area (Å²) in [4.78, 5) is 22.4. The Hall–Kier alpha value is -1.82. The summed E-state index contributed by atoms with van der Waals surface area (Å²) in [6.45, 7) is -0.146. The monoisotopic (exact) mass is 258 g/mol. The first-order valence-electron chi connectivity index (χ1n) is 4.70. The third-order valence-corrected chi connectivity index (χ3v) is 2.91. The zero-order valence-electron chi connectivity index (χ0n) is 8.46. The number of aliphatic carboxylic acids is 1. The van der Waals surface area contributed by atoms with E-state index in [1.165, 1.54) is 6.07 Å². The summed E-state index contributed by atoms with van der Waals surface area (Å²) in [7, 11) is 0. The molecule has 0 saturated carbocycles. The number of carboxylic acids is 1. The van der Waals surface area contributed by atoms with E-state index in [9.17, 15) is 19.1 Å². The van der Waals surface area contributed by atoms with Gasteiger partial charge in [0.05, 0.1) is 6.54 Å². The lowest BCUT2D eigenvalue weighted by Crippen LogP contribution is -2.48. The number of benzene rings is 1. The van der Waals surface area contributed by atoms with Gasteiger partial charge < -0.3 is 15.7 Å². The lowest BCUT2D eigenvalue weighted by molar-refractivity contribution is -0.143. The van der Waals surface area contributed by atoms with Crippen molar-refractivity contribution in [1.82, 2.24) is 10.6 Å². The van der Waals surface area contributed by atoms with Crippen LogP contribution in [0.4, 0.5) is 9.18 Å². The average molecular weight is 259 g/mol. The van der Waals surface area contributed by atoms with E-state index >= 15 is 0 Å². The summed E-state index contributed by atoms with van der Waals surface area (Å²) in [5.41, 5.74) is -1.51. The molecule has 1 aliphatic heterocycles. The molecule has 7 heteroatoms. The summed E-state index contributed by atoms with van der Waals surface area (Å²) < 4.78 is 12.9. The molecular formula is C10H8ClFN2O3. The Morgan fingerprint density at radius 2 is 2.24 bits per heavy atom. The second-order valence-corrected chi connectivity index (χ2v) is 4.05. The molecule has 1 aromatic carbocycles. The molecule has 1 atom stereocenters. The quantitative estimate of drug-likeness (QED) is 0.743. The second-order valence-electron chi connectivity index (χ2n) is 3.64. The van der Waals surface area contributed by atoms with E-state index in [1.54, 1.807) is 0 Å². The van der Waals surface area contributed by atoms with Crippen molar-refractivity contribution in [2.45, 2.75) is 5.54 Å². The summed E-state index contributed by atoms with van der Waals surface area (Å²) >= 11 is 5.81. The molecule has 1 aliphatic rings. The number of amides is 2. The van der Waals surface area contributed by atoms with E-state index in [4.69, 9.17) is 11.6 Å². The minimum absolute atomic E-state index is 0.0450. The highest BCUT2D eigenvalue weighted by Gasteiger charge is 2.47. The van der Waals surface area contributed by atoms with E-state index in [1.807, 2.05) is 0 Å². The fraction of sp³-hybridized carbons (Fsp3) is 0.200. The Kier molecular flexibility index (Phi) is 2.66. The molecule has 1 fully saturated rings. The molecule has 0 spiro atoms. The van der Waals surface area contributed by atoms with Gasteiger partial charge in [-0.05, 0) is 12.1 Å². The molecule has 1 saturated heterocycles. The van der Waals surface area contributed by atoms with Gasteiger partial charge in [0.2, 0.25) is 0 Å². The minimum Gasteiger partial charge on any atom is -0.479 e. The van der Waals surface area contributed by atoms with Crippen molar-refractivity contribution in [3.63, 3.8) is 0 Å². The molecule has 2 rings (SSSR count). The van der Waals surface area contributed by atoms with E-state index in [-0.39, 0.29) is 17.1 Å². The lowest BCUT2D eigenvalue weighted by Gasteiger charge is -2.24. The van der Waals surface area contributed by atoms with Crippen LogP contribution in [0.25, 0.3) is 0 Å². The standard InChI is InChI=1S/C10H8ClFN2O3/c11-7-3-5(12)1-2-6(7)10(8(15)16)4-13-9(17)14-10/h1-3H,4H2,(H,15,16)(H2,13,14,17). The van der Waals surface area contributed by atoms with Gasteiger partial charge in [-0.15, -0.1) is 0 Å². The number of carbonyl (C=O) groups is 2. The Bertz CT molecular complexity index is 508. The Morgan fingerprint density at radius 3 is 2.71 bits per heavy atom. The van der Waals surface area contributed by atoms with Crippen LogP contribution in [0, 0.1) is 5.82 Å². The van der Waals surface area contributed by atoms with E-state index in [2.05, 4.69) is 10.6 Å². The van der Waals surface area contributed by atoms with Crippen LogP contribution in [0.2, 0.25) is 5.02 Å². The molecule has 0 bridgehead atoms. The lowest BCUT2D eigenvalue weighted by atomic mass is 9.91. The number of hydrogen-bond acceptors (Lipinski definition) is 2. The molecule has 90 valence electrons. The molecule has 5 nitrogen and oxygen atoms in total. The summed E-state index contributed by atoms with van der Waals surface area (Å²) in [5.74, 6) is -1.83. The molecule has 2 amide bonds. The first kappa shape index (κ1) is 11.7. The van der Waals surface area contributed by atoms with Crippen molar-refractivity contribution in [3.8, 4) is 0 Å². The number of carbonyl (C=O) groups excluding carboxylic acids is 1. The topological polar surface area (TPSA) is 78.4 Å². The van der Waals surface area contributed by atoms with Crippen LogP contribution in [-0.2, 0) is 10.3 Å². The number of nitrogens with one attached hydrogen (secondary N) is 2. The molecule has 1 aromatic rings. The highest BCUT2D eigenvalue weighted by Crippen LogP contribution is 2.30. The third-order valence-electron chi connectivity index (χ3n) is 2.60. The summed E-state index contributed by atoms with van der Waals surface area (Å²) in [6.07, 6.45) is 0. The maximum absolute atomic E-state index is 12.9. The van der Waals surface area contributed by atoms with Gasteiger partial charge in [0, 0.05) is 10.6 Å². The van der Waals surface area contributed by atoms with Crippen LogP contribution in [0.5, 0.6) is 0 Å². The van der Waals surface area contributed by atoms with E-state index in [0.29, 0.717) is 0 Å². The van der Waals surface area contributed by atoms with E-state index < -0.39 is 23.4 Å². The molecule has 0 radical (unpaired) electrons. The van der Waals surface area contributed by atoms with Gasteiger partial charge >= 0.3 is 12.0 Å². The summed E-state index contributed by atoms with van der Waals surface area (Å²) in [5, 5.41) is 13.8. The van der Waals surface area contributed by atoms with Crippen molar-refractivity contribution in [2.75, 3.05) is 6.54 Å². The Labute approximate surface area is 101 Å². The van der Waals surface area contributed by atoms with Crippen molar-refractivity contribution < 1.29 is 19.1 Å². The number of hydrogen-bond donors (Lipinski definition) is 3. The van der Waals surface area contributed by atoms with Gasteiger partial charge in [0.15, 0.2) is 5.54 Å². The van der Waals surface area contributed by atoms with Crippen LogP contribution in [-0.4, -0.2) is 23.7 Å². The van der Waals surface area contributed by atoms with Crippen LogP contribution >= 0.6 is 11.6 Å². The molecule has 3 N–H and O–H groups in total. The normalized spacial score (nSPS) is 23.1. The maximum atomic E-state index is 12.9. The average Bonchev–Trinajstić information content (AvgIpc) is 2.61. The largest absolute Gasteiger partial charge is 0.479 e. The van der Waals surface area contributed by atoms with Gasteiger partial charge in [0.1, 0.15) is 5.82 Å². The molecule has 1 unspecified atom stereocenters. The zero-order valence-corrected chi connectivity index (χ0v) is 9.21. The summed E-state index contributed by atoms with van der Waals surface area (Å²) in [6, 6.07) is 2.74. The van der Waals surface area contributed by atoms with Crippen LogP contribution in [0.1, 0.15) is 5.56 Å². The van der Waals surface area contributed by atoms with Gasteiger partial charge in [-0.2, -0.15) is 0 Å². The molecule has 1 heterocycles. The van der Waals surface area contributed by atoms with Crippen molar-refractivity contribution in [3.05, 3.63) is 34.6 Å². The van der Waals surface area contributed by atoms with Crippen molar-refractivity contribution >= 4 is 23.6 Å². The number of carboxylic acid groups (broad SMARTS) is 1. The minimum atomic E-state index is -1.65. The SMILES string of the molecule is O=C1NCC(C(=O)O)(c2ccc(F)cc2Cl)N1. The van der Waals surface area contributed by atoms with Crippen LogP contribution in [0.15, 0.2) is 18.2 Å². The maximum Gasteiger partial charge on any atom is 0.336 e. The highest BCUT2D eigenvalue weighted by molar-refractivity contribution is 6.31. The number of rotatable bonds is 2. The van der Waals surface area contributed by atoms with Crippen molar-refractivity contribution in [1.29, 1.82) is 0 Å². The van der Waals surface area contributed by atoms with Gasteiger partial charge in [-0.1, -0.05) is 17.7 Å². The molecule has 17 heavy (non-hydrogen) atoms. The van der Waals surface area contributed by atoms with Gasteiger partial charge in [-0.3, -0.25) is 0 Å². The van der Waals surface area contributed by atoms with Gasteiger partial charge in [-0.25, -0.2) is 14.0 Å². The predicted molar refractivity (Wildman–Crippen MR) is 57.3 cm³/mol. The smallest absolute Gasteiger partial charge is 0.336 e. The van der Waals surface area contributed by atoms with Crippen LogP contribution in [0.3, 0.4) is 0 Å². The first-order valence-corrected chi connectivity index (χ1v) is 5.08. The second kappa shape index (κ2) is 3.89. The third kappa shape index (κ3) is 1.80. The van der Waals surface area contributed by atoms with Crippen LogP contribution < -0.4 is 10.6 Å². The first-order chi connectivity index (χ1) is 7.95. The van der Waals surface area contributed by atoms with Crippen molar-refractivity contribution in [2.24, 2.45) is 0 Å². The fourth-order valence-corrected chi connectivity index (χ4v) is 2.07. The molecule has 0 aliphatic carbocycles. The highest BCUT2D eigenvalue weighted by atomic mass is 35.5. The Morgan fingerprint density at radius 1 is 1.53 bits per heavy atom. The molecule has 0 aromatic heterocycles. The number of halogens is 2. The van der Waals surface area contributed by atoms with Gasteiger partial charge in [0.25, 0.3) is 0 Å². The molecular weight excluding hydrogens is 251 g/mol. The fourth-order valence-electron chi connectivity index (χ4n) is 1.74.